The van der Waals surface area contributed by atoms with E-state index in [1.54, 1.807) is 6.20 Å². The number of nitrogens with zero attached hydrogens (tertiary/aromatic N) is 4. The van der Waals surface area contributed by atoms with E-state index in [0.717, 1.165) is 25.3 Å². The van der Waals surface area contributed by atoms with Crippen molar-refractivity contribution in [2.45, 2.75) is 75.7 Å². The highest BCUT2D eigenvalue weighted by Gasteiger charge is 2.60. The summed E-state index contributed by atoms with van der Waals surface area (Å²) in [6.07, 6.45) is -0.374. The Morgan fingerprint density at radius 1 is 1.14 bits per heavy atom. The second kappa shape index (κ2) is 8.12. The highest BCUT2D eigenvalue weighted by atomic mass is 19.4. The molecule has 11 heteroatoms. The van der Waals surface area contributed by atoms with Crippen molar-refractivity contribution in [2.75, 3.05) is 18.8 Å². The van der Waals surface area contributed by atoms with Crippen LogP contribution in [0.25, 0.3) is 11.3 Å². The van der Waals surface area contributed by atoms with E-state index >= 15 is 0 Å². The zero-order chi connectivity index (χ0) is 25.3. The number of hydrogen-bond acceptors (Lipinski definition) is 5. The SMILES string of the molecule is CC(C)C(O)c1nc(-c2cnc(N)c(C(F)(F)F)c2)cn1C1CC2(N3CCC(F)(F)CC3)CC1C2. The summed E-state index contributed by atoms with van der Waals surface area (Å²) in [5.41, 5.74) is 4.74. The molecule has 6 nitrogen and oxygen atoms in total. The number of aliphatic hydroxyl groups excluding tert-OH is 1. The van der Waals surface area contributed by atoms with Crippen LogP contribution in [-0.4, -0.2) is 49.1 Å². The molecule has 0 radical (unpaired) electrons. The Labute approximate surface area is 200 Å². The van der Waals surface area contributed by atoms with Crippen LogP contribution in [0.1, 0.15) is 69.5 Å². The van der Waals surface area contributed by atoms with Crippen LogP contribution >= 0.6 is 0 Å². The molecule has 2 aromatic heterocycles. The summed E-state index contributed by atoms with van der Waals surface area (Å²) >= 11 is 0. The molecule has 3 aliphatic carbocycles. The average Bonchev–Trinajstić information content (AvgIpc) is 3.43. The first-order valence-electron chi connectivity index (χ1n) is 12.0. The maximum Gasteiger partial charge on any atom is 0.419 e. The van der Waals surface area contributed by atoms with Crippen molar-refractivity contribution >= 4 is 5.82 Å². The number of nitrogens with two attached hydrogens (primary N) is 1. The fourth-order valence-corrected chi connectivity index (χ4v) is 6.10. The molecule has 3 N–H and O–H groups in total. The molecular weight excluding hydrogens is 469 g/mol. The number of halogens is 5. The van der Waals surface area contributed by atoms with Gasteiger partial charge in [-0.2, -0.15) is 13.2 Å². The summed E-state index contributed by atoms with van der Waals surface area (Å²) in [5.74, 6) is -2.67. The second-order valence-electron chi connectivity index (χ2n) is 10.7. The van der Waals surface area contributed by atoms with E-state index in [1.165, 1.54) is 6.20 Å². The molecule has 0 amide bonds. The number of alkyl halides is 5. The number of piperidine rings is 1. The van der Waals surface area contributed by atoms with Crippen molar-refractivity contribution in [3.63, 3.8) is 0 Å². The van der Waals surface area contributed by atoms with Gasteiger partial charge in [-0.25, -0.2) is 18.7 Å². The zero-order valence-corrected chi connectivity index (χ0v) is 19.7. The summed E-state index contributed by atoms with van der Waals surface area (Å²) < 4.78 is 69.5. The molecule has 1 saturated heterocycles. The van der Waals surface area contributed by atoms with E-state index in [1.807, 2.05) is 18.4 Å². The lowest BCUT2D eigenvalue weighted by Crippen LogP contribution is -2.56. The van der Waals surface area contributed by atoms with Gasteiger partial charge in [-0.3, -0.25) is 4.90 Å². The third kappa shape index (κ3) is 4.20. The normalized spacial score (nSPS) is 29.4. The molecular formula is C24H30F5N5O. The molecule has 2 atom stereocenters. The van der Waals surface area contributed by atoms with E-state index in [9.17, 15) is 27.1 Å². The number of imidazole rings is 1. The standard InChI is InChI=1S/C24H30F5N5O/c1-13(2)19(35)21-32-17(14-7-16(24(27,28)29)20(30)31-11-14)12-34(21)18-10-22(8-15(18)9-22)33-5-3-23(25,26)4-6-33/h7,11-13,15,18-19,35H,3-6,8-10H2,1-2H3,(H2,30,31). The van der Waals surface area contributed by atoms with Crippen LogP contribution < -0.4 is 5.73 Å². The molecule has 35 heavy (non-hydrogen) atoms. The Morgan fingerprint density at radius 2 is 1.80 bits per heavy atom. The van der Waals surface area contributed by atoms with Gasteiger partial charge in [-0.1, -0.05) is 13.8 Å². The zero-order valence-electron chi connectivity index (χ0n) is 19.7. The van der Waals surface area contributed by atoms with E-state index in [2.05, 4.69) is 14.9 Å². The smallest absolute Gasteiger partial charge is 0.385 e. The molecule has 6 rings (SSSR count). The van der Waals surface area contributed by atoms with Crippen LogP contribution in [0.5, 0.6) is 0 Å². The van der Waals surface area contributed by atoms with Crippen LogP contribution in [0, 0.1) is 11.8 Å². The quantitative estimate of drug-likeness (QED) is 0.563. The van der Waals surface area contributed by atoms with Crippen molar-refractivity contribution in [3.8, 4) is 11.3 Å². The van der Waals surface area contributed by atoms with Gasteiger partial charge in [-0.15, -0.1) is 0 Å². The number of rotatable bonds is 5. The average molecular weight is 500 g/mol. The lowest BCUT2D eigenvalue weighted by Gasteiger charge is -2.50. The van der Waals surface area contributed by atoms with Crippen molar-refractivity contribution in [3.05, 3.63) is 29.8 Å². The number of nitrogen functional groups attached to an aromatic ring is 1. The Hall–Kier alpha value is -2.27. The number of likely N-dealkylation sites (tertiary alicyclic amines) is 1. The first-order valence-corrected chi connectivity index (χ1v) is 12.0. The molecule has 0 aromatic carbocycles. The second-order valence-corrected chi connectivity index (χ2v) is 10.7. The van der Waals surface area contributed by atoms with E-state index in [0.29, 0.717) is 24.8 Å². The van der Waals surface area contributed by atoms with Crippen molar-refractivity contribution in [1.82, 2.24) is 19.4 Å². The number of aromatic nitrogens is 3. The molecule has 4 aliphatic rings. The number of hydrogen-bond donors (Lipinski definition) is 2. The Morgan fingerprint density at radius 3 is 2.40 bits per heavy atom. The summed E-state index contributed by atoms with van der Waals surface area (Å²) in [6.45, 7) is 4.42. The molecule has 2 aromatic rings. The molecule has 2 unspecified atom stereocenters. The van der Waals surface area contributed by atoms with E-state index in [-0.39, 0.29) is 41.6 Å². The topological polar surface area (TPSA) is 80.2 Å². The molecule has 0 spiro atoms. The third-order valence-corrected chi connectivity index (χ3v) is 8.12. The number of aliphatic hydroxyl groups is 1. The Bertz CT molecular complexity index is 1100. The maximum absolute atomic E-state index is 13.7. The van der Waals surface area contributed by atoms with Gasteiger partial charge in [0.15, 0.2) is 0 Å². The molecule has 1 aliphatic heterocycles. The van der Waals surface area contributed by atoms with Gasteiger partial charge < -0.3 is 15.4 Å². The van der Waals surface area contributed by atoms with Gasteiger partial charge in [0.2, 0.25) is 0 Å². The van der Waals surface area contributed by atoms with Crippen molar-refractivity contribution < 1.29 is 27.1 Å². The number of pyridine rings is 1. The lowest BCUT2D eigenvalue weighted by atomic mass is 9.74. The molecule has 3 heterocycles. The maximum atomic E-state index is 13.7. The highest BCUT2D eigenvalue weighted by Crippen LogP contribution is 2.61. The Kier molecular flexibility index (Phi) is 5.67. The van der Waals surface area contributed by atoms with Crippen LogP contribution in [0.3, 0.4) is 0 Å². The fourth-order valence-electron chi connectivity index (χ4n) is 6.10. The molecule has 2 bridgehead atoms. The highest BCUT2D eigenvalue weighted by molar-refractivity contribution is 5.62. The number of anilines is 1. The van der Waals surface area contributed by atoms with Crippen molar-refractivity contribution in [1.29, 1.82) is 0 Å². The van der Waals surface area contributed by atoms with Crippen LogP contribution in [-0.2, 0) is 6.18 Å². The largest absolute Gasteiger partial charge is 0.419 e. The van der Waals surface area contributed by atoms with E-state index in [4.69, 9.17) is 5.73 Å². The minimum Gasteiger partial charge on any atom is -0.385 e. The molecule has 3 saturated carbocycles. The van der Waals surface area contributed by atoms with Gasteiger partial charge in [0.05, 0.1) is 11.3 Å². The van der Waals surface area contributed by atoms with Crippen LogP contribution in [0.2, 0.25) is 0 Å². The molecule has 192 valence electrons. The van der Waals surface area contributed by atoms with E-state index < -0.39 is 29.6 Å². The summed E-state index contributed by atoms with van der Waals surface area (Å²) in [4.78, 5) is 10.5. The number of fused-ring (bicyclic) bond motifs is 1. The lowest BCUT2D eigenvalue weighted by molar-refractivity contribution is -0.137. The first kappa shape index (κ1) is 24.4. The summed E-state index contributed by atoms with van der Waals surface area (Å²) in [5, 5.41) is 10.9. The van der Waals surface area contributed by atoms with Gasteiger partial charge in [0, 0.05) is 55.5 Å². The predicted molar refractivity (Wildman–Crippen MR) is 120 cm³/mol. The summed E-state index contributed by atoms with van der Waals surface area (Å²) in [6, 6.07) is 0.927. The van der Waals surface area contributed by atoms with Crippen LogP contribution in [0.15, 0.2) is 18.5 Å². The summed E-state index contributed by atoms with van der Waals surface area (Å²) in [7, 11) is 0. The minimum atomic E-state index is -4.65. The minimum absolute atomic E-state index is 0.00841. The third-order valence-electron chi connectivity index (χ3n) is 8.12. The van der Waals surface area contributed by atoms with Crippen molar-refractivity contribution in [2.24, 2.45) is 11.8 Å². The van der Waals surface area contributed by atoms with Gasteiger partial charge in [-0.05, 0) is 37.2 Å². The molecule has 4 fully saturated rings. The van der Waals surface area contributed by atoms with Gasteiger partial charge in [0.25, 0.3) is 5.92 Å². The van der Waals surface area contributed by atoms with Gasteiger partial charge >= 0.3 is 6.18 Å². The Balaban J connectivity index is 1.47. The fraction of sp³-hybridized carbons (Fsp3) is 0.667. The predicted octanol–water partition coefficient (Wildman–Crippen LogP) is 5.06. The first-order chi connectivity index (χ1) is 16.3. The van der Waals surface area contributed by atoms with Crippen LogP contribution in [0.4, 0.5) is 27.8 Å². The monoisotopic (exact) mass is 499 g/mol. The van der Waals surface area contributed by atoms with Gasteiger partial charge in [0.1, 0.15) is 17.7 Å².